The number of carbonyl (C=O) groups excluding carboxylic acids is 1. The van der Waals surface area contributed by atoms with Gasteiger partial charge in [-0.15, -0.1) is 0 Å². The average molecular weight is 240 g/mol. The number of pyridine rings is 1. The second-order valence-electron chi connectivity index (χ2n) is 3.95. The Balaban J connectivity index is 2.84. The first-order valence-corrected chi connectivity index (χ1v) is 5.63. The lowest BCUT2D eigenvalue weighted by Gasteiger charge is -2.30. The van der Waals surface area contributed by atoms with E-state index in [0.29, 0.717) is 12.8 Å². The average Bonchev–Trinajstić information content (AvgIpc) is 2.36. The lowest BCUT2D eigenvalue weighted by atomic mass is 9.93. The predicted molar refractivity (Wildman–Crippen MR) is 62.1 cm³/mol. The molecule has 1 amide bonds. The van der Waals surface area contributed by atoms with Crippen LogP contribution in [-0.4, -0.2) is 28.1 Å². The highest BCUT2D eigenvalue weighted by atomic mass is 19.1. The molecule has 0 aromatic carbocycles. The number of hydrogen-bond donors (Lipinski definition) is 2. The Hall–Kier alpha value is -1.49. The number of aromatic nitrogens is 1. The van der Waals surface area contributed by atoms with Crippen molar-refractivity contribution in [1.29, 1.82) is 0 Å². The summed E-state index contributed by atoms with van der Waals surface area (Å²) in [5.41, 5.74) is -0.643. The topological polar surface area (TPSA) is 62.2 Å². The first-order chi connectivity index (χ1) is 8.06. The number of amides is 1. The van der Waals surface area contributed by atoms with Gasteiger partial charge in [-0.3, -0.25) is 4.79 Å². The van der Waals surface area contributed by atoms with Crippen molar-refractivity contribution in [2.75, 3.05) is 6.61 Å². The molecule has 0 atom stereocenters. The van der Waals surface area contributed by atoms with Crippen molar-refractivity contribution in [2.24, 2.45) is 0 Å². The van der Waals surface area contributed by atoms with Gasteiger partial charge >= 0.3 is 0 Å². The third-order valence-corrected chi connectivity index (χ3v) is 2.98. The molecule has 94 valence electrons. The van der Waals surface area contributed by atoms with Crippen molar-refractivity contribution < 1.29 is 14.3 Å². The Morgan fingerprint density at radius 1 is 1.47 bits per heavy atom. The summed E-state index contributed by atoms with van der Waals surface area (Å²) in [7, 11) is 0. The molecule has 0 aliphatic heterocycles. The summed E-state index contributed by atoms with van der Waals surface area (Å²) < 4.78 is 12.9. The zero-order valence-electron chi connectivity index (χ0n) is 10.0. The Kier molecular flexibility index (Phi) is 4.57. The van der Waals surface area contributed by atoms with E-state index in [9.17, 15) is 14.3 Å². The van der Waals surface area contributed by atoms with Crippen molar-refractivity contribution in [3.05, 3.63) is 29.8 Å². The molecule has 0 fully saturated rings. The van der Waals surface area contributed by atoms with Crippen molar-refractivity contribution in [2.45, 2.75) is 32.2 Å². The van der Waals surface area contributed by atoms with Gasteiger partial charge in [0.2, 0.25) is 5.95 Å². The van der Waals surface area contributed by atoms with E-state index in [0.717, 1.165) is 0 Å². The van der Waals surface area contributed by atoms with Gasteiger partial charge in [0.05, 0.1) is 12.1 Å². The summed E-state index contributed by atoms with van der Waals surface area (Å²) in [4.78, 5) is 15.3. The smallest absolute Gasteiger partial charge is 0.270 e. The number of aliphatic hydroxyl groups excluding tert-OH is 1. The first-order valence-electron chi connectivity index (χ1n) is 5.63. The van der Waals surface area contributed by atoms with E-state index >= 15 is 0 Å². The summed E-state index contributed by atoms with van der Waals surface area (Å²) in [6.07, 6.45) is 1.20. The number of hydrogen-bond acceptors (Lipinski definition) is 3. The molecule has 5 heteroatoms. The fourth-order valence-electron chi connectivity index (χ4n) is 1.53. The zero-order chi connectivity index (χ0) is 12.9. The Morgan fingerprint density at radius 2 is 2.12 bits per heavy atom. The first kappa shape index (κ1) is 13.6. The summed E-state index contributed by atoms with van der Waals surface area (Å²) in [5.74, 6) is -1.16. The van der Waals surface area contributed by atoms with Crippen LogP contribution >= 0.6 is 0 Å². The van der Waals surface area contributed by atoms with E-state index in [1.807, 2.05) is 13.8 Å². The second kappa shape index (κ2) is 5.72. The molecule has 2 N–H and O–H groups in total. The number of nitrogens with one attached hydrogen (secondary N) is 1. The van der Waals surface area contributed by atoms with Crippen LogP contribution in [0, 0.1) is 5.95 Å². The molecule has 0 saturated heterocycles. The maximum absolute atomic E-state index is 12.9. The van der Waals surface area contributed by atoms with Crippen LogP contribution < -0.4 is 5.32 Å². The van der Waals surface area contributed by atoms with Gasteiger partial charge in [0, 0.05) is 0 Å². The van der Waals surface area contributed by atoms with Gasteiger partial charge < -0.3 is 10.4 Å². The molecule has 0 aliphatic carbocycles. The molecule has 0 spiro atoms. The maximum Gasteiger partial charge on any atom is 0.270 e. The Bertz CT molecular complexity index is 384. The standard InChI is InChI=1S/C12H17FN2O2/c1-3-12(4-2,8-16)15-11(17)9-6-5-7-10(13)14-9/h5-7,16H,3-4,8H2,1-2H3,(H,15,17). The minimum absolute atomic E-state index is 0.0183. The fourth-order valence-corrected chi connectivity index (χ4v) is 1.53. The Morgan fingerprint density at radius 3 is 2.59 bits per heavy atom. The minimum Gasteiger partial charge on any atom is -0.394 e. The lowest BCUT2D eigenvalue weighted by Crippen LogP contribution is -2.50. The molecule has 4 nitrogen and oxygen atoms in total. The highest BCUT2D eigenvalue weighted by molar-refractivity contribution is 5.92. The molecule has 0 radical (unpaired) electrons. The minimum atomic E-state index is -0.694. The van der Waals surface area contributed by atoms with Crippen LogP contribution in [0.2, 0.25) is 0 Å². The molecule has 0 bridgehead atoms. The molecule has 0 unspecified atom stereocenters. The number of rotatable bonds is 5. The van der Waals surface area contributed by atoms with Gasteiger partial charge in [-0.05, 0) is 25.0 Å². The molecular formula is C12H17FN2O2. The summed E-state index contributed by atoms with van der Waals surface area (Å²) in [5, 5.41) is 12.0. The van der Waals surface area contributed by atoms with Crippen molar-refractivity contribution in [3.8, 4) is 0 Å². The van der Waals surface area contributed by atoms with Crippen LogP contribution in [0.3, 0.4) is 0 Å². The van der Waals surface area contributed by atoms with E-state index in [1.165, 1.54) is 18.2 Å². The van der Waals surface area contributed by atoms with Gasteiger partial charge in [0.15, 0.2) is 0 Å². The van der Waals surface area contributed by atoms with E-state index in [4.69, 9.17) is 0 Å². The van der Waals surface area contributed by atoms with Gasteiger partial charge in [0.1, 0.15) is 5.69 Å². The summed E-state index contributed by atoms with van der Waals surface area (Å²) >= 11 is 0. The second-order valence-corrected chi connectivity index (χ2v) is 3.95. The highest BCUT2D eigenvalue weighted by Crippen LogP contribution is 2.14. The molecular weight excluding hydrogens is 223 g/mol. The van der Waals surface area contributed by atoms with Crippen LogP contribution in [0.4, 0.5) is 4.39 Å². The Labute approximate surface area is 99.9 Å². The third-order valence-electron chi connectivity index (χ3n) is 2.98. The van der Waals surface area contributed by atoms with Crippen LogP contribution in [0.15, 0.2) is 18.2 Å². The monoisotopic (exact) mass is 240 g/mol. The maximum atomic E-state index is 12.9. The van der Waals surface area contributed by atoms with E-state index in [-0.39, 0.29) is 12.3 Å². The quantitative estimate of drug-likeness (QED) is 0.767. The number of carbonyl (C=O) groups is 1. The van der Waals surface area contributed by atoms with E-state index in [2.05, 4.69) is 10.3 Å². The molecule has 1 rings (SSSR count). The molecule has 1 aromatic heterocycles. The molecule has 0 saturated carbocycles. The van der Waals surface area contributed by atoms with Crippen LogP contribution in [0.1, 0.15) is 37.2 Å². The predicted octanol–water partition coefficient (Wildman–Crippen LogP) is 1.50. The highest BCUT2D eigenvalue weighted by Gasteiger charge is 2.28. The van der Waals surface area contributed by atoms with E-state index in [1.54, 1.807) is 0 Å². The summed E-state index contributed by atoms with van der Waals surface area (Å²) in [6.45, 7) is 3.60. The van der Waals surface area contributed by atoms with Gasteiger partial charge in [-0.2, -0.15) is 4.39 Å². The van der Waals surface area contributed by atoms with Gasteiger partial charge in [0.25, 0.3) is 5.91 Å². The van der Waals surface area contributed by atoms with Crippen molar-refractivity contribution >= 4 is 5.91 Å². The molecule has 1 heterocycles. The largest absolute Gasteiger partial charge is 0.394 e. The van der Waals surface area contributed by atoms with Gasteiger partial charge in [-0.1, -0.05) is 19.9 Å². The van der Waals surface area contributed by atoms with Crippen LogP contribution in [0.5, 0.6) is 0 Å². The molecule has 1 aromatic rings. The number of aliphatic hydroxyl groups is 1. The molecule has 17 heavy (non-hydrogen) atoms. The third kappa shape index (κ3) is 3.23. The summed E-state index contributed by atoms with van der Waals surface area (Å²) in [6, 6.07) is 4.04. The fraction of sp³-hybridized carbons (Fsp3) is 0.500. The van der Waals surface area contributed by atoms with E-state index < -0.39 is 17.4 Å². The van der Waals surface area contributed by atoms with Crippen LogP contribution in [-0.2, 0) is 0 Å². The number of halogens is 1. The van der Waals surface area contributed by atoms with Crippen molar-refractivity contribution in [1.82, 2.24) is 10.3 Å². The normalized spacial score (nSPS) is 11.3. The van der Waals surface area contributed by atoms with Crippen molar-refractivity contribution in [3.63, 3.8) is 0 Å². The van der Waals surface area contributed by atoms with Gasteiger partial charge in [-0.25, -0.2) is 4.98 Å². The zero-order valence-corrected chi connectivity index (χ0v) is 10.0. The SMILES string of the molecule is CCC(CC)(CO)NC(=O)c1cccc(F)n1. The van der Waals surface area contributed by atoms with Crippen LogP contribution in [0.25, 0.3) is 0 Å². The molecule has 0 aliphatic rings. The number of nitrogens with zero attached hydrogens (tertiary/aromatic N) is 1. The lowest BCUT2D eigenvalue weighted by molar-refractivity contribution is 0.0811.